The summed E-state index contributed by atoms with van der Waals surface area (Å²) in [5.74, 6) is 2.68. The summed E-state index contributed by atoms with van der Waals surface area (Å²) >= 11 is 0. The van der Waals surface area contributed by atoms with Crippen LogP contribution in [-0.4, -0.2) is 5.97 Å². The van der Waals surface area contributed by atoms with Gasteiger partial charge in [-0.1, -0.05) is 19.1 Å². The van der Waals surface area contributed by atoms with Gasteiger partial charge in [-0.05, 0) is 49.0 Å². The molecule has 3 aliphatic carbocycles. The van der Waals surface area contributed by atoms with E-state index >= 15 is 0 Å². The number of hydrogen-bond acceptors (Lipinski definition) is 2. The Hall–Kier alpha value is -1.31. The van der Waals surface area contributed by atoms with E-state index in [2.05, 4.69) is 19.6 Å². The molecule has 1 aliphatic heterocycles. The van der Waals surface area contributed by atoms with E-state index in [-0.39, 0.29) is 11.4 Å². The van der Waals surface area contributed by atoms with Crippen molar-refractivity contribution in [3.8, 4) is 0 Å². The minimum Gasteiger partial charge on any atom is -0.423 e. The minimum atomic E-state index is -0.159. The first-order chi connectivity index (χ1) is 8.02. The number of allylic oxidation sites excluding steroid dienone is 3. The Morgan fingerprint density at radius 1 is 1.53 bits per heavy atom. The van der Waals surface area contributed by atoms with Gasteiger partial charge in [0.25, 0.3) is 0 Å². The Labute approximate surface area is 101 Å². The van der Waals surface area contributed by atoms with Crippen LogP contribution < -0.4 is 0 Å². The predicted molar refractivity (Wildman–Crippen MR) is 63.8 cm³/mol. The van der Waals surface area contributed by atoms with Crippen molar-refractivity contribution in [1.82, 2.24) is 0 Å². The maximum atomic E-state index is 11.6. The maximum absolute atomic E-state index is 11.6. The molecule has 2 heteroatoms. The Kier molecular flexibility index (Phi) is 1.47. The average molecular weight is 228 g/mol. The number of carbonyl (C=O) groups excluding carboxylic acids is 1. The van der Waals surface area contributed by atoms with Gasteiger partial charge in [-0.3, -0.25) is 0 Å². The fourth-order valence-corrected chi connectivity index (χ4v) is 4.17. The van der Waals surface area contributed by atoms with Gasteiger partial charge in [0.1, 0.15) is 5.76 Å². The molecule has 0 aromatic carbocycles. The first-order valence-electron chi connectivity index (χ1n) is 6.36. The summed E-state index contributed by atoms with van der Waals surface area (Å²) in [6.07, 6.45) is 4.45. The highest BCUT2D eigenvalue weighted by Gasteiger charge is 2.63. The molecular formula is C15H16O2. The average Bonchev–Trinajstić information content (AvgIpc) is 2.99. The Bertz CT molecular complexity index is 537. The van der Waals surface area contributed by atoms with Crippen molar-refractivity contribution >= 4 is 5.97 Å². The van der Waals surface area contributed by atoms with E-state index in [0.29, 0.717) is 5.92 Å². The largest absolute Gasteiger partial charge is 0.423 e. The van der Waals surface area contributed by atoms with E-state index in [4.69, 9.17) is 4.74 Å². The summed E-state index contributed by atoms with van der Waals surface area (Å²) in [5, 5.41) is 0. The molecule has 0 bridgehead atoms. The minimum absolute atomic E-state index is 0.159. The molecule has 2 nitrogen and oxygen atoms in total. The quantitative estimate of drug-likeness (QED) is 0.470. The van der Waals surface area contributed by atoms with Crippen molar-refractivity contribution < 1.29 is 9.53 Å². The van der Waals surface area contributed by atoms with Gasteiger partial charge in [-0.2, -0.15) is 0 Å². The number of hydrogen-bond donors (Lipinski definition) is 0. The number of carbonyl (C=O) groups is 1. The number of fused-ring (bicyclic) bond motifs is 4. The fourth-order valence-electron chi connectivity index (χ4n) is 4.17. The van der Waals surface area contributed by atoms with Crippen LogP contribution >= 0.6 is 0 Å². The lowest BCUT2D eigenvalue weighted by Gasteiger charge is -2.36. The molecule has 88 valence electrons. The molecule has 4 atom stereocenters. The summed E-state index contributed by atoms with van der Waals surface area (Å²) in [6, 6.07) is 0. The van der Waals surface area contributed by atoms with Gasteiger partial charge in [0.2, 0.25) is 0 Å². The third-order valence-electron chi connectivity index (χ3n) is 5.37. The molecule has 2 saturated carbocycles. The molecule has 2 fully saturated rings. The first kappa shape index (κ1) is 9.69. The number of ether oxygens (including phenoxy) is 1. The van der Waals surface area contributed by atoms with Crippen LogP contribution in [0.2, 0.25) is 0 Å². The van der Waals surface area contributed by atoms with Crippen LogP contribution in [0.3, 0.4) is 0 Å². The van der Waals surface area contributed by atoms with Crippen LogP contribution in [0.1, 0.15) is 26.7 Å². The highest BCUT2D eigenvalue weighted by molar-refractivity contribution is 5.94. The normalized spacial score (nSPS) is 46.2. The fraction of sp³-hybridized carbons (Fsp3) is 0.533. The second kappa shape index (κ2) is 2.58. The van der Waals surface area contributed by atoms with Crippen LogP contribution in [0.5, 0.6) is 0 Å². The SMILES string of the molecule is C=C1[C@H]2C[C@H]2[C@]2(C)C=C3OC(=O)C(C)=C3C[C@H]12. The van der Waals surface area contributed by atoms with Crippen molar-refractivity contribution in [2.75, 3.05) is 0 Å². The highest BCUT2D eigenvalue weighted by atomic mass is 16.5. The van der Waals surface area contributed by atoms with Crippen LogP contribution in [0, 0.1) is 23.2 Å². The Morgan fingerprint density at radius 2 is 2.29 bits per heavy atom. The summed E-state index contributed by atoms with van der Waals surface area (Å²) < 4.78 is 5.37. The van der Waals surface area contributed by atoms with Gasteiger partial charge in [0.05, 0.1) is 0 Å². The molecule has 0 radical (unpaired) electrons. The highest BCUT2D eigenvalue weighted by Crippen LogP contribution is 2.70. The predicted octanol–water partition coefficient (Wildman–Crippen LogP) is 2.98. The van der Waals surface area contributed by atoms with Crippen molar-refractivity contribution in [2.24, 2.45) is 23.2 Å². The first-order valence-corrected chi connectivity index (χ1v) is 6.36. The summed E-state index contributed by atoms with van der Waals surface area (Å²) in [5.41, 5.74) is 3.52. The number of rotatable bonds is 0. The van der Waals surface area contributed by atoms with Gasteiger partial charge in [0, 0.05) is 11.1 Å². The van der Waals surface area contributed by atoms with Crippen molar-refractivity contribution in [3.05, 3.63) is 35.1 Å². The third kappa shape index (κ3) is 0.958. The van der Waals surface area contributed by atoms with Crippen molar-refractivity contribution in [2.45, 2.75) is 26.7 Å². The van der Waals surface area contributed by atoms with Gasteiger partial charge < -0.3 is 4.74 Å². The van der Waals surface area contributed by atoms with Gasteiger partial charge in [0.15, 0.2) is 0 Å². The lowest BCUT2D eigenvalue weighted by atomic mass is 9.67. The molecule has 17 heavy (non-hydrogen) atoms. The molecule has 0 spiro atoms. The molecule has 4 rings (SSSR count). The van der Waals surface area contributed by atoms with E-state index in [1.165, 1.54) is 12.0 Å². The molecule has 0 aromatic heterocycles. The second-order valence-electron chi connectivity index (χ2n) is 6.15. The van der Waals surface area contributed by atoms with E-state index in [1.807, 2.05) is 6.92 Å². The Balaban J connectivity index is 1.88. The zero-order valence-corrected chi connectivity index (χ0v) is 10.2. The third-order valence-corrected chi connectivity index (χ3v) is 5.37. The van der Waals surface area contributed by atoms with Crippen LogP contribution in [0.15, 0.2) is 35.1 Å². The maximum Gasteiger partial charge on any atom is 0.339 e. The lowest BCUT2D eigenvalue weighted by molar-refractivity contribution is -0.133. The topological polar surface area (TPSA) is 26.3 Å². The van der Waals surface area contributed by atoms with Crippen molar-refractivity contribution in [3.63, 3.8) is 0 Å². The van der Waals surface area contributed by atoms with Crippen LogP contribution in [0.25, 0.3) is 0 Å². The molecule has 0 unspecified atom stereocenters. The monoisotopic (exact) mass is 228 g/mol. The van der Waals surface area contributed by atoms with Crippen molar-refractivity contribution in [1.29, 1.82) is 0 Å². The molecule has 0 aromatic rings. The smallest absolute Gasteiger partial charge is 0.339 e. The van der Waals surface area contributed by atoms with E-state index in [0.717, 1.165) is 35.2 Å². The molecule has 1 heterocycles. The second-order valence-corrected chi connectivity index (χ2v) is 6.15. The van der Waals surface area contributed by atoms with Gasteiger partial charge >= 0.3 is 5.97 Å². The standard InChI is InChI=1S/C15H16O2/c1-7-9-4-12(9)15(3)6-13-10(5-11(7)15)8(2)14(16)17-13/h6,9,11-12H,1,4-5H2,2-3H3/t9-,11-,12-,15-/m1/s1. The molecule has 0 saturated heterocycles. The summed E-state index contributed by atoms with van der Waals surface area (Å²) in [6.45, 7) is 8.47. The molecule has 0 N–H and O–H groups in total. The van der Waals surface area contributed by atoms with Gasteiger partial charge in [-0.15, -0.1) is 0 Å². The van der Waals surface area contributed by atoms with Crippen LogP contribution in [0.4, 0.5) is 0 Å². The molecule has 0 amide bonds. The lowest BCUT2D eigenvalue weighted by Crippen LogP contribution is -2.29. The zero-order valence-electron chi connectivity index (χ0n) is 10.2. The van der Waals surface area contributed by atoms with E-state index in [1.54, 1.807) is 0 Å². The molecule has 4 aliphatic rings. The van der Waals surface area contributed by atoms with E-state index < -0.39 is 0 Å². The summed E-state index contributed by atoms with van der Waals surface area (Å²) in [7, 11) is 0. The summed E-state index contributed by atoms with van der Waals surface area (Å²) in [4.78, 5) is 11.6. The Morgan fingerprint density at radius 3 is 3.06 bits per heavy atom. The van der Waals surface area contributed by atoms with Crippen LogP contribution in [-0.2, 0) is 9.53 Å². The zero-order chi connectivity index (χ0) is 11.9. The molecular weight excluding hydrogens is 212 g/mol. The number of esters is 1. The van der Waals surface area contributed by atoms with E-state index in [9.17, 15) is 4.79 Å². The van der Waals surface area contributed by atoms with Gasteiger partial charge in [-0.25, -0.2) is 4.79 Å².